The minimum absolute atomic E-state index is 0.00826. The van der Waals surface area contributed by atoms with Crippen molar-refractivity contribution in [3.63, 3.8) is 0 Å². The zero-order valence-electron chi connectivity index (χ0n) is 17.0. The number of nitrogens with one attached hydrogen (secondary N) is 1. The molecular weight excluding hydrogens is 407 g/mol. The van der Waals surface area contributed by atoms with Gasteiger partial charge in [-0.3, -0.25) is 4.79 Å². The first-order valence-corrected chi connectivity index (χ1v) is 10.9. The van der Waals surface area contributed by atoms with Gasteiger partial charge in [-0.15, -0.1) is 0 Å². The molecule has 8 heteroatoms. The van der Waals surface area contributed by atoms with Crippen LogP contribution in [0, 0.1) is 5.82 Å². The number of ether oxygens (including phenoxy) is 1. The average molecular weight is 431 g/mol. The summed E-state index contributed by atoms with van der Waals surface area (Å²) in [5, 5.41) is 12.9. The second-order valence-corrected chi connectivity index (χ2v) is 7.92. The van der Waals surface area contributed by atoms with Crippen molar-refractivity contribution in [2.75, 3.05) is 30.8 Å². The smallest absolute Gasteiger partial charge is 0.255 e. The second kappa shape index (κ2) is 8.20. The van der Waals surface area contributed by atoms with E-state index in [9.17, 15) is 14.3 Å². The highest BCUT2D eigenvalue weighted by atomic mass is 32.2. The van der Waals surface area contributed by atoms with E-state index in [0.717, 1.165) is 11.3 Å². The summed E-state index contributed by atoms with van der Waals surface area (Å²) in [7, 11) is 1.57. The van der Waals surface area contributed by atoms with Crippen LogP contribution in [0.25, 0.3) is 22.3 Å². The van der Waals surface area contributed by atoms with E-state index in [1.807, 2.05) is 23.6 Å². The van der Waals surface area contributed by atoms with Crippen molar-refractivity contribution in [2.45, 2.75) is 19.4 Å². The quantitative estimate of drug-likeness (QED) is 0.576. The molecule has 0 aliphatic carbocycles. The normalized spacial score (nSPS) is 15.2. The van der Waals surface area contributed by atoms with Gasteiger partial charge in [0.2, 0.25) is 0 Å². The Bertz CT molecular complexity index is 1100. The number of halogens is 1. The van der Waals surface area contributed by atoms with Gasteiger partial charge in [-0.2, -0.15) is 0 Å². The van der Waals surface area contributed by atoms with Crippen molar-refractivity contribution in [3.8, 4) is 17.1 Å². The van der Waals surface area contributed by atoms with E-state index < -0.39 is 0 Å². The molecule has 2 N–H and O–H groups in total. The van der Waals surface area contributed by atoms with Gasteiger partial charge in [0, 0.05) is 42.3 Å². The molecule has 4 rings (SSSR count). The van der Waals surface area contributed by atoms with Crippen LogP contribution in [0.5, 0.6) is 5.75 Å². The molecule has 2 aromatic carbocycles. The lowest BCUT2D eigenvalue weighted by molar-refractivity contribution is 0.0964. The molecule has 0 bridgehead atoms. The number of carbonyl (C=O) groups excluding carboxylic acids is 1. The zero-order chi connectivity index (χ0) is 21.4. The predicted molar refractivity (Wildman–Crippen MR) is 117 cm³/mol. The number of aliphatic hydroxyl groups is 1. The Balaban J connectivity index is 2.03. The first kappa shape index (κ1) is 20.6. The summed E-state index contributed by atoms with van der Waals surface area (Å²) in [6.07, 6.45) is 2.50. The molecule has 158 valence electrons. The lowest BCUT2D eigenvalue weighted by atomic mass is 9.98. The number of amides is 1. The van der Waals surface area contributed by atoms with Crippen LogP contribution in [0.1, 0.15) is 22.8 Å². The van der Waals surface area contributed by atoms with E-state index in [1.54, 1.807) is 19.2 Å². The summed E-state index contributed by atoms with van der Waals surface area (Å²) in [6.45, 7) is 2.39. The monoisotopic (exact) mass is 430 g/mol. The molecule has 30 heavy (non-hydrogen) atoms. The van der Waals surface area contributed by atoms with Crippen LogP contribution < -0.4 is 14.4 Å². The van der Waals surface area contributed by atoms with Crippen molar-refractivity contribution in [1.82, 2.24) is 5.32 Å². The lowest BCUT2D eigenvalue weighted by Crippen LogP contribution is -2.19. The Morgan fingerprint density at radius 1 is 1.37 bits per heavy atom. The van der Waals surface area contributed by atoms with Crippen molar-refractivity contribution in [2.24, 2.45) is 0 Å². The van der Waals surface area contributed by atoms with E-state index in [2.05, 4.69) is 5.32 Å². The summed E-state index contributed by atoms with van der Waals surface area (Å²) >= 11 is 1.47. The number of anilines is 1. The molecule has 1 amide bonds. The Hall–Kier alpha value is -2.71. The van der Waals surface area contributed by atoms with E-state index in [4.69, 9.17) is 9.15 Å². The van der Waals surface area contributed by atoms with Crippen molar-refractivity contribution >= 4 is 34.5 Å². The number of rotatable bonds is 6. The van der Waals surface area contributed by atoms with Gasteiger partial charge in [-0.1, -0.05) is 11.9 Å². The third-order valence-electron chi connectivity index (χ3n) is 5.18. The first-order valence-electron chi connectivity index (χ1n) is 9.68. The van der Waals surface area contributed by atoms with E-state index >= 15 is 0 Å². The van der Waals surface area contributed by atoms with Crippen molar-refractivity contribution < 1.29 is 23.4 Å². The van der Waals surface area contributed by atoms with Crippen LogP contribution in [-0.2, 0) is 6.42 Å². The van der Waals surface area contributed by atoms with Crippen LogP contribution in [0.4, 0.5) is 10.1 Å². The van der Waals surface area contributed by atoms with Crippen LogP contribution >= 0.6 is 11.9 Å². The van der Waals surface area contributed by atoms with Crippen LogP contribution in [0.2, 0.25) is 0 Å². The number of hydrogen-bond acceptors (Lipinski definition) is 6. The van der Waals surface area contributed by atoms with Crippen molar-refractivity contribution in [3.05, 3.63) is 47.3 Å². The van der Waals surface area contributed by atoms with Crippen LogP contribution in [-0.4, -0.2) is 43.6 Å². The number of aliphatic hydroxyl groups excluding tert-OH is 1. The van der Waals surface area contributed by atoms with Gasteiger partial charge < -0.3 is 23.9 Å². The van der Waals surface area contributed by atoms with Crippen LogP contribution in [0.15, 0.2) is 34.7 Å². The topological polar surface area (TPSA) is 74.9 Å². The minimum atomic E-state index is -0.360. The number of hydrogen-bond donors (Lipinski definition) is 2. The fourth-order valence-electron chi connectivity index (χ4n) is 3.90. The molecule has 0 saturated heterocycles. The molecule has 1 aromatic heterocycles. The highest BCUT2D eigenvalue weighted by molar-refractivity contribution is 8.00. The SMILES string of the molecule is CNC(=O)c1c(-c2ccc(F)cc2)oc2cc(N(CCO)SC)c3c(c12)CC(C)O3. The Kier molecular flexibility index (Phi) is 5.62. The minimum Gasteiger partial charge on any atom is -0.488 e. The number of carbonyl (C=O) groups is 1. The molecular formula is C22H23FN2O4S. The fourth-order valence-corrected chi connectivity index (χ4v) is 4.49. The number of benzene rings is 2. The third-order valence-corrected chi connectivity index (χ3v) is 6.00. The second-order valence-electron chi connectivity index (χ2n) is 7.11. The highest BCUT2D eigenvalue weighted by Crippen LogP contribution is 2.48. The van der Waals surface area contributed by atoms with Gasteiger partial charge in [-0.25, -0.2) is 4.39 Å². The number of nitrogens with zero attached hydrogens (tertiary/aromatic N) is 1. The molecule has 6 nitrogen and oxygen atoms in total. The Morgan fingerprint density at radius 2 is 2.10 bits per heavy atom. The van der Waals surface area contributed by atoms with Gasteiger partial charge in [-0.05, 0) is 31.2 Å². The molecule has 1 unspecified atom stereocenters. The molecule has 0 saturated carbocycles. The maximum absolute atomic E-state index is 13.5. The first-order chi connectivity index (χ1) is 14.5. The fraction of sp³-hybridized carbons (Fsp3) is 0.318. The summed E-state index contributed by atoms with van der Waals surface area (Å²) in [6, 6.07) is 7.72. The lowest BCUT2D eigenvalue weighted by Gasteiger charge is -2.23. The summed E-state index contributed by atoms with van der Waals surface area (Å²) in [5.41, 5.74) is 3.29. The van der Waals surface area contributed by atoms with Gasteiger partial charge >= 0.3 is 0 Å². The van der Waals surface area contributed by atoms with E-state index in [-0.39, 0.29) is 24.4 Å². The molecule has 3 aromatic rings. The van der Waals surface area contributed by atoms with Gasteiger partial charge in [0.15, 0.2) is 0 Å². The maximum atomic E-state index is 13.5. The predicted octanol–water partition coefficient (Wildman–Crippen LogP) is 4.00. The molecule has 2 heterocycles. The maximum Gasteiger partial charge on any atom is 0.255 e. The summed E-state index contributed by atoms with van der Waals surface area (Å²) in [4.78, 5) is 12.9. The third kappa shape index (κ3) is 3.40. The molecule has 0 radical (unpaired) electrons. The number of fused-ring (bicyclic) bond motifs is 3. The summed E-state index contributed by atoms with van der Waals surface area (Å²) in [5.74, 6) is 0.455. The van der Waals surface area contributed by atoms with Gasteiger partial charge in [0.1, 0.15) is 29.0 Å². The molecule has 1 aliphatic rings. The Morgan fingerprint density at radius 3 is 2.73 bits per heavy atom. The molecule has 0 spiro atoms. The van der Waals surface area contributed by atoms with Crippen molar-refractivity contribution in [1.29, 1.82) is 0 Å². The largest absolute Gasteiger partial charge is 0.488 e. The Labute approximate surface area is 178 Å². The standard InChI is InChI=1S/C22H23FN2O4S/c1-12-10-15-18-17(11-16(21(15)28-12)25(30-3)8-9-26)29-20(19(18)22(27)24-2)13-4-6-14(23)7-5-13/h4-7,11-12,26H,8-10H2,1-3H3,(H,24,27). The van der Waals surface area contributed by atoms with E-state index in [0.29, 0.717) is 46.6 Å². The zero-order valence-corrected chi connectivity index (χ0v) is 17.8. The molecule has 0 fully saturated rings. The number of furan rings is 1. The molecule has 1 aliphatic heterocycles. The summed E-state index contributed by atoms with van der Waals surface area (Å²) < 4.78 is 27.7. The van der Waals surface area contributed by atoms with Gasteiger partial charge in [0.05, 0.1) is 24.4 Å². The van der Waals surface area contributed by atoms with Crippen LogP contribution in [0.3, 0.4) is 0 Å². The highest BCUT2D eigenvalue weighted by Gasteiger charge is 2.33. The average Bonchev–Trinajstić information content (AvgIpc) is 3.31. The molecule has 1 atom stereocenters. The van der Waals surface area contributed by atoms with Gasteiger partial charge in [0.25, 0.3) is 5.91 Å². The van der Waals surface area contributed by atoms with E-state index in [1.165, 1.54) is 24.1 Å².